The van der Waals surface area contributed by atoms with E-state index < -0.39 is 12.1 Å². The molecule has 0 aliphatic heterocycles. The molecule has 1 heterocycles. The molecule has 0 bridgehead atoms. The van der Waals surface area contributed by atoms with Crippen LogP contribution in [0.1, 0.15) is 36.2 Å². The van der Waals surface area contributed by atoms with Gasteiger partial charge in [0.05, 0.1) is 12.2 Å². The van der Waals surface area contributed by atoms with Gasteiger partial charge in [-0.1, -0.05) is 6.42 Å². The van der Waals surface area contributed by atoms with Gasteiger partial charge >= 0.3 is 6.18 Å². The van der Waals surface area contributed by atoms with E-state index in [0.29, 0.717) is 19.5 Å². The smallest absolute Gasteiger partial charge is 0.391 e. The highest BCUT2D eigenvalue weighted by Crippen LogP contribution is 2.37. The number of halogens is 3. The Morgan fingerprint density at radius 3 is 2.81 bits per heavy atom. The molecule has 2 atom stereocenters. The van der Waals surface area contributed by atoms with Gasteiger partial charge in [0.1, 0.15) is 0 Å². The topological polar surface area (TPSA) is 54.3 Å². The van der Waals surface area contributed by atoms with Crippen LogP contribution in [0.2, 0.25) is 0 Å². The van der Waals surface area contributed by atoms with Crippen LogP contribution in [0.3, 0.4) is 0 Å². The minimum Gasteiger partial charge on any atom is -0.459 e. The average Bonchev–Trinajstić information content (AvgIpc) is 2.97. The van der Waals surface area contributed by atoms with Gasteiger partial charge in [-0.2, -0.15) is 13.2 Å². The molecule has 2 rings (SSSR count). The van der Waals surface area contributed by atoms with Crippen LogP contribution < -0.4 is 10.6 Å². The van der Waals surface area contributed by atoms with E-state index >= 15 is 0 Å². The van der Waals surface area contributed by atoms with Crippen molar-refractivity contribution < 1.29 is 22.4 Å². The molecular formula is C14H19F3N2O2. The highest BCUT2D eigenvalue weighted by atomic mass is 19.4. The fourth-order valence-corrected chi connectivity index (χ4v) is 2.62. The Bertz CT molecular complexity index is 446. The van der Waals surface area contributed by atoms with Crippen molar-refractivity contribution in [3.63, 3.8) is 0 Å². The maximum Gasteiger partial charge on any atom is 0.391 e. The molecule has 1 aliphatic rings. The Balaban J connectivity index is 1.65. The standard InChI is InChI=1S/C14H19F3N2O2/c15-14(16,17)10-3-1-4-11(9-10)18-6-7-19-13(20)12-5-2-8-21-12/h2,5,8,10-11,18H,1,3-4,6-7,9H2,(H,19,20)/t10-,11+/m1/s1. The van der Waals surface area contributed by atoms with Gasteiger partial charge < -0.3 is 15.1 Å². The number of nitrogens with one attached hydrogen (secondary N) is 2. The van der Waals surface area contributed by atoms with Crippen LogP contribution in [0.5, 0.6) is 0 Å². The van der Waals surface area contributed by atoms with E-state index in [1.54, 1.807) is 12.1 Å². The van der Waals surface area contributed by atoms with Gasteiger partial charge in [0.25, 0.3) is 5.91 Å². The molecule has 0 saturated heterocycles. The van der Waals surface area contributed by atoms with Gasteiger partial charge in [-0.3, -0.25) is 4.79 Å². The molecule has 4 nitrogen and oxygen atoms in total. The van der Waals surface area contributed by atoms with Gasteiger partial charge in [0.15, 0.2) is 5.76 Å². The number of carbonyl (C=O) groups excluding carboxylic acids is 1. The predicted octanol–water partition coefficient (Wildman–Crippen LogP) is 2.72. The molecule has 1 amide bonds. The molecule has 1 fully saturated rings. The summed E-state index contributed by atoms with van der Waals surface area (Å²) in [5.74, 6) is -1.30. The summed E-state index contributed by atoms with van der Waals surface area (Å²) in [6.45, 7) is 0.800. The molecule has 1 aliphatic carbocycles. The van der Waals surface area contributed by atoms with Gasteiger partial charge in [-0.05, 0) is 31.4 Å². The molecule has 21 heavy (non-hydrogen) atoms. The zero-order valence-electron chi connectivity index (χ0n) is 11.6. The molecule has 0 spiro atoms. The third-order valence-corrected chi connectivity index (χ3v) is 3.73. The lowest BCUT2D eigenvalue weighted by Crippen LogP contribution is -2.41. The zero-order valence-corrected chi connectivity index (χ0v) is 11.6. The maximum absolute atomic E-state index is 12.7. The average molecular weight is 304 g/mol. The van der Waals surface area contributed by atoms with Crippen LogP contribution >= 0.6 is 0 Å². The number of amides is 1. The number of furan rings is 1. The van der Waals surface area contributed by atoms with E-state index in [1.165, 1.54) is 6.26 Å². The third-order valence-electron chi connectivity index (χ3n) is 3.73. The van der Waals surface area contributed by atoms with Crippen LogP contribution in [0, 0.1) is 5.92 Å². The van der Waals surface area contributed by atoms with Gasteiger partial charge in [-0.25, -0.2) is 0 Å². The van der Waals surface area contributed by atoms with Crippen LogP contribution in [-0.4, -0.2) is 31.2 Å². The molecule has 0 unspecified atom stereocenters. The Kier molecular flexibility index (Phi) is 5.27. The van der Waals surface area contributed by atoms with Crippen molar-refractivity contribution >= 4 is 5.91 Å². The molecule has 2 N–H and O–H groups in total. The summed E-state index contributed by atoms with van der Waals surface area (Å²) in [6, 6.07) is 3.04. The molecular weight excluding hydrogens is 285 g/mol. The number of hydrogen-bond acceptors (Lipinski definition) is 3. The lowest BCUT2D eigenvalue weighted by molar-refractivity contribution is -0.183. The van der Waals surface area contributed by atoms with Crippen LogP contribution in [0.25, 0.3) is 0 Å². The number of alkyl halides is 3. The number of hydrogen-bond donors (Lipinski definition) is 2. The Morgan fingerprint density at radius 1 is 1.33 bits per heavy atom. The quantitative estimate of drug-likeness (QED) is 0.822. The fourth-order valence-electron chi connectivity index (χ4n) is 2.62. The highest BCUT2D eigenvalue weighted by molar-refractivity contribution is 5.91. The SMILES string of the molecule is O=C(NCCN[C@H]1CCC[C@@H](C(F)(F)F)C1)c1ccco1. The maximum atomic E-state index is 12.7. The first-order valence-electron chi connectivity index (χ1n) is 7.08. The van der Waals surface area contributed by atoms with E-state index in [1.807, 2.05) is 0 Å². The third kappa shape index (κ3) is 4.77. The molecule has 118 valence electrons. The second kappa shape index (κ2) is 6.98. The van der Waals surface area contributed by atoms with Crippen LogP contribution in [0.15, 0.2) is 22.8 Å². The molecule has 7 heteroatoms. The van der Waals surface area contributed by atoms with Crippen LogP contribution in [-0.2, 0) is 0 Å². The van der Waals surface area contributed by atoms with Crippen molar-refractivity contribution in [1.82, 2.24) is 10.6 Å². The molecule has 0 radical (unpaired) electrons. The molecule has 1 aromatic rings. The molecule has 1 saturated carbocycles. The minimum absolute atomic E-state index is 0.121. The summed E-state index contributed by atoms with van der Waals surface area (Å²) in [5, 5.41) is 5.73. The first kappa shape index (κ1) is 15.9. The highest BCUT2D eigenvalue weighted by Gasteiger charge is 2.41. The van der Waals surface area contributed by atoms with Gasteiger partial charge in [0, 0.05) is 19.1 Å². The number of carbonyl (C=O) groups is 1. The molecule has 1 aromatic heterocycles. The minimum atomic E-state index is -4.10. The zero-order chi connectivity index (χ0) is 15.3. The predicted molar refractivity (Wildman–Crippen MR) is 70.8 cm³/mol. The second-order valence-electron chi connectivity index (χ2n) is 5.29. The largest absolute Gasteiger partial charge is 0.459 e. The Morgan fingerprint density at radius 2 is 2.14 bits per heavy atom. The van der Waals surface area contributed by atoms with E-state index in [4.69, 9.17) is 4.42 Å². The van der Waals surface area contributed by atoms with Crippen molar-refractivity contribution in [2.24, 2.45) is 5.92 Å². The van der Waals surface area contributed by atoms with Crippen molar-refractivity contribution in [1.29, 1.82) is 0 Å². The summed E-state index contributed by atoms with van der Waals surface area (Å²) in [6.07, 6.45) is -1.02. The van der Waals surface area contributed by atoms with Crippen molar-refractivity contribution in [2.75, 3.05) is 13.1 Å². The van der Waals surface area contributed by atoms with E-state index in [-0.39, 0.29) is 30.6 Å². The lowest BCUT2D eigenvalue weighted by atomic mass is 9.85. The Hall–Kier alpha value is -1.50. The first-order valence-corrected chi connectivity index (χ1v) is 7.08. The van der Waals surface area contributed by atoms with E-state index in [0.717, 1.165) is 6.42 Å². The van der Waals surface area contributed by atoms with Crippen molar-refractivity contribution in [3.05, 3.63) is 24.2 Å². The summed E-state index contributed by atoms with van der Waals surface area (Å²) < 4.78 is 42.9. The Labute approximate surface area is 121 Å². The first-order chi connectivity index (χ1) is 9.97. The van der Waals surface area contributed by atoms with Crippen molar-refractivity contribution in [2.45, 2.75) is 37.9 Å². The van der Waals surface area contributed by atoms with Gasteiger partial charge in [0.2, 0.25) is 0 Å². The fraction of sp³-hybridized carbons (Fsp3) is 0.643. The summed E-state index contributed by atoms with van der Waals surface area (Å²) in [4.78, 5) is 11.6. The monoisotopic (exact) mass is 304 g/mol. The van der Waals surface area contributed by atoms with Crippen molar-refractivity contribution in [3.8, 4) is 0 Å². The summed E-state index contributed by atoms with van der Waals surface area (Å²) >= 11 is 0. The number of rotatable bonds is 5. The second-order valence-corrected chi connectivity index (χ2v) is 5.29. The van der Waals surface area contributed by atoms with E-state index in [9.17, 15) is 18.0 Å². The normalized spacial score (nSPS) is 23.0. The molecule has 0 aromatic carbocycles. The van der Waals surface area contributed by atoms with Crippen LogP contribution in [0.4, 0.5) is 13.2 Å². The lowest BCUT2D eigenvalue weighted by Gasteiger charge is -2.31. The summed E-state index contributed by atoms with van der Waals surface area (Å²) in [5.41, 5.74) is 0. The van der Waals surface area contributed by atoms with Gasteiger partial charge in [-0.15, -0.1) is 0 Å². The summed E-state index contributed by atoms with van der Waals surface area (Å²) in [7, 11) is 0. The van der Waals surface area contributed by atoms with E-state index in [2.05, 4.69) is 10.6 Å².